The maximum absolute atomic E-state index is 12.8. The van der Waals surface area contributed by atoms with Gasteiger partial charge < -0.3 is 27.9 Å². The summed E-state index contributed by atoms with van der Waals surface area (Å²) >= 11 is 0. The van der Waals surface area contributed by atoms with Crippen LogP contribution in [0.1, 0.15) is 335 Å². The first-order chi connectivity index (χ1) is 37.0. The number of rotatable bonds is 62. The number of unbranched alkanes of at least 4 members (excludes halogenated alkanes) is 44. The molecule has 0 fully saturated rings. The number of quaternary nitrogens is 1. The van der Waals surface area contributed by atoms with Crippen LogP contribution in [-0.4, -0.2) is 70.0 Å². The smallest absolute Gasteiger partial charge is 0.306 e. The molecule has 450 valence electrons. The van der Waals surface area contributed by atoms with E-state index in [1.807, 2.05) is 21.1 Å². The molecule has 2 unspecified atom stereocenters. The number of hydrogen-bond acceptors (Lipinski definition) is 8. The summed E-state index contributed by atoms with van der Waals surface area (Å²) in [6, 6.07) is 0. The molecule has 76 heavy (non-hydrogen) atoms. The fourth-order valence-corrected chi connectivity index (χ4v) is 10.6. The van der Waals surface area contributed by atoms with E-state index in [9.17, 15) is 19.0 Å². The Kier molecular flexibility index (Phi) is 57.0. The van der Waals surface area contributed by atoms with E-state index in [0.29, 0.717) is 17.4 Å². The Labute approximate surface area is 472 Å². The lowest BCUT2D eigenvalue weighted by molar-refractivity contribution is -0.870. The van der Waals surface area contributed by atoms with Crippen LogP contribution in [0.5, 0.6) is 0 Å². The Morgan fingerprint density at radius 1 is 0.408 bits per heavy atom. The number of nitrogens with zero attached hydrogens (tertiary/aromatic N) is 1. The van der Waals surface area contributed by atoms with Gasteiger partial charge >= 0.3 is 11.9 Å². The Balaban J connectivity index is 3.90. The Bertz CT molecular complexity index is 1330. The molecule has 0 aromatic rings. The molecule has 0 aliphatic heterocycles. The number of phosphoric acid groups is 1. The van der Waals surface area contributed by atoms with Gasteiger partial charge in [0.15, 0.2) is 6.10 Å². The van der Waals surface area contributed by atoms with Crippen LogP contribution >= 0.6 is 7.82 Å². The molecule has 0 saturated carbocycles. The molecule has 0 amide bonds. The molecule has 0 spiro atoms. The molecule has 0 aromatic carbocycles. The fourth-order valence-electron chi connectivity index (χ4n) is 9.87. The van der Waals surface area contributed by atoms with E-state index in [1.165, 1.54) is 244 Å². The Morgan fingerprint density at radius 3 is 1.05 bits per heavy atom. The first kappa shape index (κ1) is 74.5. The van der Waals surface area contributed by atoms with E-state index in [2.05, 4.69) is 38.2 Å². The quantitative estimate of drug-likeness (QED) is 0.0195. The van der Waals surface area contributed by atoms with E-state index in [4.69, 9.17) is 18.5 Å². The lowest BCUT2D eigenvalue weighted by Crippen LogP contribution is -2.37. The molecule has 0 rings (SSSR count). The summed E-state index contributed by atoms with van der Waals surface area (Å²) in [7, 11) is 1.17. The lowest BCUT2D eigenvalue weighted by atomic mass is 10.0. The van der Waals surface area contributed by atoms with Crippen LogP contribution in [-0.2, 0) is 32.7 Å². The molecule has 0 N–H and O–H groups in total. The lowest BCUT2D eigenvalue weighted by Gasteiger charge is -2.28. The third-order valence-corrected chi connectivity index (χ3v) is 15.9. The fraction of sp³-hybridized carbons (Fsp3) is 0.909. The summed E-state index contributed by atoms with van der Waals surface area (Å²) < 4.78 is 34.2. The van der Waals surface area contributed by atoms with Crippen LogP contribution in [0.3, 0.4) is 0 Å². The van der Waals surface area contributed by atoms with E-state index in [-0.39, 0.29) is 32.0 Å². The van der Waals surface area contributed by atoms with Gasteiger partial charge in [0.1, 0.15) is 19.8 Å². The molecule has 0 radical (unpaired) electrons. The van der Waals surface area contributed by atoms with Gasteiger partial charge in [-0.05, 0) is 44.9 Å². The maximum Gasteiger partial charge on any atom is 0.306 e. The topological polar surface area (TPSA) is 111 Å². The van der Waals surface area contributed by atoms with Crippen molar-refractivity contribution in [3.05, 3.63) is 24.3 Å². The molecule has 0 heterocycles. The molecule has 0 aromatic heterocycles. The van der Waals surface area contributed by atoms with Gasteiger partial charge in [0, 0.05) is 12.8 Å². The van der Waals surface area contributed by atoms with Crippen molar-refractivity contribution in [2.75, 3.05) is 47.5 Å². The predicted octanol–water partition coefficient (Wildman–Crippen LogP) is 20.3. The summed E-state index contributed by atoms with van der Waals surface area (Å²) in [5.74, 6) is -0.833. The SMILES string of the molecule is CCCCCC/C=C\C/C=C\CCCCCCCC(=O)OC(COC(=O)CCCCCCCCCCCCCCCCCCCCCCCCCCCCCCCCCCCCCC)COP(=O)([O-])OCC[N+](C)(C)C. The summed E-state index contributed by atoms with van der Waals surface area (Å²) in [5.41, 5.74) is 0. The van der Waals surface area contributed by atoms with Crippen LogP contribution in [0, 0.1) is 0 Å². The molecule has 0 bridgehead atoms. The highest BCUT2D eigenvalue weighted by Crippen LogP contribution is 2.38. The minimum atomic E-state index is -4.64. The minimum Gasteiger partial charge on any atom is -0.756 e. The number of likely N-dealkylation sites (N-methyl/N-ethyl adjacent to an activating group) is 1. The van der Waals surface area contributed by atoms with Crippen LogP contribution < -0.4 is 4.89 Å². The number of phosphoric ester groups is 1. The number of ether oxygens (including phenoxy) is 2. The maximum atomic E-state index is 12.8. The van der Waals surface area contributed by atoms with Crippen molar-refractivity contribution >= 4 is 19.8 Å². The Morgan fingerprint density at radius 2 is 0.711 bits per heavy atom. The van der Waals surface area contributed by atoms with Gasteiger partial charge in [-0.1, -0.05) is 301 Å². The molecule has 10 heteroatoms. The van der Waals surface area contributed by atoms with E-state index in [0.717, 1.165) is 57.8 Å². The van der Waals surface area contributed by atoms with Gasteiger partial charge in [-0.25, -0.2) is 0 Å². The largest absolute Gasteiger partial charge is 0.756 e. The summed E-state index contributed by atoms with van der Waals surface area (Å²) in [5, 5.41) is 0. The normalized spacial score (nSPS) is 13.3. The third-order valence-electron chi connectivity index (χ3n) is 15.0. The molecule has 2 atom stereocenters. The van der Waals surface area contributed by atoms with Crippen molar-refractivity contribution in [3.63, 3.8) is 0 Å². The van der Waals surface area contributed by atoms with Crippen molar-refractivity contribution < 1.29 is 42.1 Å². The number of allylic oxidation sites excluding steroid dienone is 4. The summed E-state index contributed by atoms with van der Waals surface area (Å²) in [6.45, 7) is 4.26. The van der Waals surface area contributed by atoms with Gasteiger partial charge in [0.2, 0.25) is 0 Å². The number of carbonyl (C=O) groups excluding carboxylic acids is 2. The monoisotopic (exact) mass is 1090 g/mol. The average Bonchev–Trinajstić information content (AvgIpc) is 3.38. The average molecular weight is 1090 g/mol. The second-order valence-corrected chi connectivity index (χ2v) is 25.3. The van der Waals surface area contributed by atoms with Crippen molar-refractivity contribution in [3.8, 4) is 0 Å². The van der Waals surface area contributed by atoms with Crippen molar-refractivity contribution in [1.29, 1.82) is 0 Å². The van der Waals surface area contributed by atoms with Gasteiger partial charge in [-0.3, -0.25) is 14.2 Å². The second kappa shape index (κ2) is 58.2. The van der Waals surface area contributed by atoms with Crippen LogP contribution in [0.25, 0.3) is 0 Å². The molecule has 9 nitrogen and oxygen atoms in total. The number of esters is 2. The third kappa shape index (κ3) is 61.7. The Hall–Kier alpha value is -1.51. The van der Waals surface area contributed by atoms with E-state index >= 15 is 0 Å². The highest BCUT2D eigenvalue weighted by Gasteiger charge is 2.22. The summed E-state index contributed by atoms with van der Waals surface area (Å²) in [4.78, 5) is 37.9. The van der Waals surface area contributed by atoms with Crippen molar-refractivity contribution in [2.45, 2.75) is 341 Å². The van der Waals surface area contributed by atoms with Gasteiger partial charge in [0.05, 0.1) is 27.7 Å². The zero-order chi connectivity index (χ0) is 55.6. The predicted molar refractivity (Wildman–Crippen MR) is 324 cm³/mol. The second-order valence-electron chi connectivity index (χ2n) is 23.8. The highest BCUT2D eigenvalue weighted by molar-refractivity contribution is 7.45. The van der Waals surface area contributed by atoms with Crippen LogP contribution in [0.4, 0.5) is 0 Å². The zero-order valence-electron chi connectivity index (χ0n) is 51.2. The van der Waals surface area contributed by atoms with Gasteiger partial charge in [0.25, 0.3) is 7.82 Å². The zero-order valence-corrected chi connectivity index (χ0v) is 52.1. The van der Waals surface area contributed by atoms with E-state index in [1.54, 1.807) is 0 Å². The number of hydrogen-bond donors (Lipinski definition) is 0. The van der Waals surface area contributed by atoms with Crippen molar-refractivity contribution in [2.24, 2.45) is 0 Å². The molecule has 0 aliphatic rings. The molecular weight excluding hydrogens is 966 g/mol. The van der Waals surface area contributed by atoms with Crippen LogP contribution in [0.2, 0.25) is 0 Å². The van der Waals surface area contributed by atoms with Gasteiger partial charge in [-0.2, -0.15) is 0 Å². The summed E-state index contributed by atoms with van der Waals surface area (Å²) in [6.07, 6.45) is 71.3. The highest BCUT2D eigenvalue weighted by atomic mass is 31.2. The standard InChI is InChI=1S/C66H128NO8P/c1-6-8-10-12-14-16-18-20-22-24-25-26-27-28-29-30-31-32-33-34-35-36-37-38-39-40-41-42-43-45-46-48-50-52-54-56-58-65(68)72-62-64(63-74-76(70,71)73-61-60-67(3,4)5)75-66(69)59-57-55-53-51-49-47-44-23-21-19-17-15-13-11-9-7-2/h17,19,23,44,64H,6-16,18,20-22,24-43,45-63H2,1-5H3/b19-17-,44-23-. The first-order valence-corrected chi connectivity index (χ1v) is 34.5. The van der Waals surface area contributed by atoms with Crippen LogP contribution in [0.15, 0.2) is 24.3 Å². The minimum absolute atomic E-state index is 0.0314. The molecule has 0 saturated heterocycles. The van der Waals surface area contributed by atoms with Gasteiger partial charge in [-0.15, -0.1) is 0 Å². The first-order valence-electron chi connectivity index (χ1n) is 33.0. The number of carbonyl (C=O) groups is 2. The molecular formula is C66H128NO8P. The van der Waals surface area contributed by atoms with Crippen molar-refractivity contribution in [1.82, 2.24) is 0 Å². The van der Waals surface area contributed by atoms with E-state index < -0.39 is 26.5 Å². The molecule has 0 aliphatic carbocycles.